The van der Waals surface area contributed by atoms with Crippen LogP contribution in [0.5, 0.6) is 0 Å². The molecule has 2 aliphatic heterocycles. The summed E-state index contributed by atoms with van der Waals surface area (Å²) in [6.45, 7) is 6.06. The normalized spacial score (nSPS) is 39.9. The van der Waals surface area contributed by atoms with E-state index in [0.29, 0.717) is 8.07 Å². The minimum atomic E-state index is 0.405. The Morgan fingerprint density at radius 1 is 1.50 bits per heavy atom. The molecule has 2 fully saturated rings. The predicted molar refractivity (Wildman–Crippen MR) is 46.7 cm³/mol. The highest BCUT2D eigenvalue weighted by Crippen LogP contribution is 2.66. The van der Waals surface area contributed by atoms with Crippen molar-refractivity contribution in [3.8, 4) is 0 Å². The van der Waals surface area contributed by atoms with Gasteiger partial charge in [-0.15, -0.1) is 0 Å². The topological polar surface area (TPSA) is 3.24 Å². The molecular weight excluding hydrogens is 141 g/mol. The van der Waals surface area contributed by atoms with Crippen molar-refractivity contribution in [3.05, 3.63) is 0 Å². The van der Waals surface area contributed by atoms with Gasteiger partial charge in [0.05, 0.1) is 0 Å². The summed E-state index contributed by atoms with van der Waals surface area (Å²) in [7, 11) is 0.405. The van der Waals surface area contributed by atoms with Crippen LogP contribution in [-0.4, -0.2) is 29.1 Å². The van der Waals surface area contributed by atoms with Gasteiger partial charge in [-0.1, -0.05) is 0 Å². The van der Waals surface area contributed by atoms with Crippen LogP contribution in [0.25, 0.3) is 0 Å². The first-order chi connectivity index (χ1) is 4.79. The molecule has 0 amide bonds. The summed E-state index contributed by atoms with van der Waals surface area (Å²) in [4.78, 5) is 0. The van der Waals surface area contributed by atoms with Crippen molar-refractivity contribution in [1.82, 2.24) is 4.67 Å². The van der Waals surface area contributed by atoms with Crippen molar-refractivity contribution in [2.24, 2.45) is 0 Å². The molecule has 0 radical (unpaired) electrons. The summed E-state index contributed by atoms with van der Waals surface area (Å²) in [5.74, 6) is 0. The number of rotatable bonds is 1. The maximum Gasteiger partial charge on any atom is 0.00775 e. The molecule has 2 unspecified atom stereocenters. The molecule has 2 rings (SSSR count). The van der Waals surface area contributed by atoms with Gasteiger partial charge in [0, 0.05) is 12.6 Å². The summed E-state index contributed by atoms with van der Waals surface area (Å²) in [5.41, 5.74) is 1.16. The van der Waals surface area contributed by atoms with Crippen LogP contribution in [0.1, 0.15) is 26.7 Å². The molecule has 0 saturated carbocycles. The summed E-state index contributed by atoms with van der Waals surface area (Å²) in [6.07, 6.45) is 4.56. The van der Waals surface area contributed by atoms with E-state index in [1.54, 1.807) is 6.16 Å². The zero-order valence-electron chi connectivity index (χ0n) is 6.88. The Hall–Kier alpha value is 0.390. The van der Waals surface area contributed by atoms with Crippen molar-refractivity contribution < 1.29 is 0 Å². The van der Waals surface area contributed by atoms with Gasteiger partial charge in [0.25, 0.3) is 0 Å². The molecule has 2 heteroatoms. The zero-order valence-corrected chi connectivity index (χ0v) is 7.77. The van der Waals surface area contributed by atoms with E-state index in [1.165, 1.54) is 19.4 Å². The highest BCUT2D eigenvalue weighted by molar-refractivity contribution is 7.64. The first-order valence-electron chi connectivity index (χ1n) is 4.32. The van der Waals surface area contributed by atoms with E-state index in [0.717, 1.165) is 11.7 Å². The van der Waals surface area contributed by atoms with Crippen molar-refractivity contribution in [3.63, 3.8) is 0 Å². The summed E-state index contributed by atoms with van der Waals surface area (Å²) in [6, 6.07) is 0.816. The van der Waals surface area contributed by atoms with Crippen LogP contribution >= 0.6 is 8.07 Å². The molecule has 0 aromatic rings. The highest BCUT2D eigenvalue weighted by atomic mass is 31.1. The predicted octanol–water partition coefficient (Wildman–Crippen LogP) is 2.27. The maximum atomic E-state index is 2.74. The first kappa shape index (κ1) is 7.06. The largest absolute Gasteiger partial charge is 0.279 e. The van der Waals surface area contributed by atoms with Gasteiger partial charge in [-0.05, 0) is 46.6 Å². The van der Waals surface area contributed by atoms with Gasteiger partial charge in [0.1, 0.15) is 0 Å². The van der Waals surface area contributed by atoms with Gasteiger partial charge in [0.15, 0.2) is 0 Å². The van der Waals surface area contributed by atoms with Gasteiger partial charge in [0.2, 0.25) is 0 Å². The fourth-order valence-corrected chi connectivity index (χ4v) is 4.74. The van der Waals surface area contributed by atoms with Crippen LogP contribution in [-0.2, 0) is 0 Å². The molecule has 58 valence electrons. The summed E-state index contributed by atoms with van der Waals surface area (Å²) in [5, 5.41) is 0. The lowest BCUT2D eigenvalue weighted by molar-refractivity contribution is 0.367. The molecule has 0 spiro atoms. The Kier molecular flexibility index (Phi) is 1.74. The second-order valence-corrected chi connectivity index (χ2v) is 6.16. The minimum absolute atomic E-state index is 0.405. The third kappa shape index (κ3) is 1.10. The molecule has 10 heavy (non-hydrogen) atoms. The van der Waals surface area contributed by atoms with Crippen molar-refractivity contribution in [2.75, 3.05) is 12.7 Å². The molecule has 2 atom stereocenters. The van der Waals surface area contributed by atoms with Gasteiger partial charge in [-0.2, -0.15) is 0 Å². The fourth-order valence-electron chi connectivity index (χ4n) is 1.90. The number of fused-ring (bicyclic) bond motifs is 1. The Balaban J connectivity index is 1.96. The molecule has 2 aliphatic rings. The molecule has 2 saturated heterocycles. The van der Waals surface area contributed by atoms with Gasteiger partial charge in [-0.25, -0.2) is 0 Å². The van der Waals surface area contributed by atoms with E-state index < -0.39 is 0 Å². The number of hydrogen-bond donors (Lipinski definition) is 0. The van der Waals surface area contributed by atoms with Crippen molar-refractivity contribution >= 4 is 8.07 Å². The van der Waals surface area contributed by atoms with E-state index in [-0.39, 0.29) is 0 Å². The van der Waals surface area contributed by atoms with E-state index in [9.17, 15) is 0 Å². The monoisotopic (exact) mass is 157 g/mol. The molecule has 0 bridgehead atoms. The third-order valence-electron chi connectivity index (χ3n) is 2.54. The molecule has 0 aromatic carbocycles. The summed E-state index contributed by atoms with van der Waals surface area (Å²) < 4.78 is 2.74. The highest BCUT2D eigenvalue weighted by Gasteiger charge is 2.44. The average molecular weight is 157 g/mol. The minimum Gasteiger partial charge on any atom is -0.279 e. The van der Waals surface area contributed by atoms with E-state index in [1.807, 2.05) is 0 Å². The fraction of sp³-hybridized carbons (Fsp3) is 1.00. The smallest absolute Gasteiger partial charge is 0.00775 e. The van der Waals surface area contributed by atoms with Crippen LogP contribution in [0.15, 0.2) is 0 Å². The van der Waals surface area contributed by atoms with Gasteiger partial charge >= 0.3 is 0 Å². The van der Waals surface area contributed by atoms with E-state index >= 15 is 0 Å². The Morgan fingerprint density at radius 2 is 2.30 bits per heavy atom. The molecule has 0 aliphatic carbocycles. The number of hydrogen-bond acceptors (Lipinski definition) is 1. The standard InChI is InChI=1S/C8H16NP/c1-7(2)9-5-3-4-8-6-10(8)9/h7-8H,3-6H2,1-2H3. The number of nitrogens with zero attached hydrogens (tertiary/aromatic N) is 1. The second kappa shape index (κ2) is 2.46. The van der Waals surface area contributed by atoms with E-state index in [2.05, 4.69) is 18.5 Å². The Morgan fingerprint density at radius 3 is 2.90 bits per heavy atom. The van der Waals surface area contributed by atoms with Crippen LogP contribution in [0.3, 0.4) is 0 Å². The lowest BCUT2D eigenvalue weighted by Crippen LogP contribution is -2.26. The maximum absolute atomic E-state index is 2.74. The Bertz CT molecular complexity index is 135. The van der Waals surface area contributed by atoms with Crippen LogP contribution < -0.4 is 0 Å². The quantitative estimate of drug-likeness (QED) is 0.528. The summed E-state index contributed by atoms with van der Waals surface area (Å²) >= 11 is 0. The lowest BCUT2D eigenvalue weighted by atomic mass is 10.2. The average Bonchev–Trinajstić information content (AvgIpc) is 2.63. The SMILES string of the molecule is CC(C)N1CCCC2CP21. The molecular formula is C8H16NP. The van der Waals surface area contributed by atoms with Crippen molar-refractivity contribution in [2.45, 2.75) is 38.4 Å². The van der Waals surface area contributed by atoms with Crippen LogP contribution in [0.2, 0.25) is 0 Å². The second-order valence-electron chi connectivity index (χ2n) is 3.67. The van der Waals surface area contributed by atoms with Crippen LogP contribution in [0, 0.1) is 0 Å². The van der Waals surface area contributed by atoms with Crippen LogP contribution in [0.4, 0.5) is 0 Å². The van der Waals surface area contributed by atoms with Gasteiger partial charge < -0.3 is 0 Å². The Labute approximate surface area is 64.6 Å². The molecule has 1 nitrogen and oxygen atoms in total. The molecule has 0 N–H and O–H groups in total. The lowest BCUT2D eigenvalue weighted by Gasteiger charge is -2.29. The van der Waals surface area contributed by atoms with Gasteiger partial charge in [-0.3, -0.25) is 4.67 Å². The molecule has 0 aromatic heterocycles. The third-order valence-corrected chi connectivity index (χ3v) is 5.49. The first-order valence-corrected chi connectivity index (χ1v) is 5.87. The zero-order chi connectivity index (χ0) is 7.14. The van der Waals surface area contributed by atoms with Crippen molar-refractivity contribution in [1.29, 1.82) is 0 Å². The molecule has 2 heterocycles. The van der Waals surface area contributed by atoms with E-state index in [4.69, 9.17) is 0 Å².